The molecular weight excluding hydrogens is 301 g/mol. The van der Waals surface area contributed by atoms with Crippen LogP contribution in [0.15, 0.2) is 24.3 Å². The first-order valence-corrected chi connectivity index (χ1v) is 6.73. The Kier molecular flexibility index (Phi) is 6.05. The van der Waals surface area contributed by atoms with Crippen molar-refractivity contribution in [2.45, 2.75) is 19.9 Å². The number of amides is 1. The van der Waals surface area contributed by atoms with Gasteiger partial charge in [-0.2, -0.15) is 0 Å². The third-order valence-corrected chi connectivity index (χ3v) is 3.17. The van der Waals surface area contributed by atoms with Gasteiger partial charge in [0, 0.05) is 16.1 Å². The monoisotopic (exact) mass is 315 g/mol. The average Bonchev–Trinajstić information content (AvgIpc) is 2.34. The van der Waals surface area contributed by atoms with E-state index < -0.39 is 17.9 Å². The van der Waals surface area contributed by atoms with E-state index in [-0.39, 0.29) is 5.92 Å². The van der Waals surface area contributed by atoms with Crippen molar-refractivity contribution in [1.82, 2.24) is 5.32 Å². The van der Waals surface area contributed by atoms with Crippen molar-refractivity contribution in [3.63, 3.8) is 0 Å². The van der Waals surface area contributed by atoms with Gasteiger partial charge in [0.15, 0.2) is 0 Å². The van der Waals surface area contributed by atoms with Crippen LogP contribution in [-0.2, 0) is 9.59 Å². The summed E-state index contributed by atoms with van der Waals surface area (Å²) in [5.74, 6) is -1.76. The molecule has 6 heteroatoms. The molecule has 1 amide bonds. The summed E-state index contributed by atoms with van der Waals surface area (Å²) in [6.45, 7) is 3.44. The van der Waals surface area contributed by atoms with Crippen LogP contribution < -0.4 is 5.32 Å². The number of aliphatic carboxylic acids is 1. The molecule has 0 aliphatic carbocycles. The maximum absolute atomic E-state index is 11.7. The van der Waals surface area contributed by atoms with E-state index in [1.54, 1.807) is 32.0 Å². The van der Waals surface area contributed by atoms with Crippen LogP contribution in [-0.4, -0.2) is 23.0 Å². The third-order valence-electron chi connectivity index (χ3n) is 2.61. The van der Waals surface area contributed by atoms with E-state index in [9.17, 15) is 9.59 Å². The van der Waals surface area contributed by atoms with Crippen LogP contribution in [0.25, 0.3) is 6.08 Å². The van der Waals surface area contributed by atoms with Gasteiger partial charge in [0.05, 0.1) is 0 Å². The average molecular weight is 316 g/mol. The molecule has 1 atom stereocenters. The Hall–Kier alpha value is -1.52. The van der Waals surface area contributed by atoms with Gasteiger partial charge in [0.2, 0.25) is 5.91 Å². The van der Waals surface area contributed by atoms with Crippen molar-refractivity contribution in [3.05, 3.63) is 39.9 Å². The molecule has 0 saturated carbocycles. The highest BCUT2D eigenvalue weighted by Crippen LogP contribution is 2.21. The highest BCUT2D eigenvalue weighted by molar-refractivity contribution is 6.35. The molecule has 4 nitrogen and oxygen atoms in total. The molecule has 1 aromatic rings. The van der Waals surface area contributed by atoms with Gasteiger partial charge in [-0.05, 0) is 29.7 Å². The van der Waals surface area contributed by atoms with Crippen LogP contribution in [0.4, 0.5) is 0 Å². The lowest BCUT2D eigenvalue weighted by Gasteiger charge is -2.16. The van der Waals surface area contributed by atoms with Gasteiger partial charge in [-0.1, -0.05) is 43.1 Å². The Bertz CT molecular complexity index is 541. The van der Waals surface area contributed by atoms with E-state index in [1.165, 1.54) is 12.2 Å². The first-order valence-electron chi connectivity index (χ1n) is 5.97. The Morgan fingerprint density at radius 1 is 1.30 bits per heavy atom. The maximum Gasteiger partial charge on any atom is 0.326 e. The van der Waals surface area contributed by atoms with Crippen molar-refractivity contribution in [3.8, 4) is 0 Å². The van der Waals surface area contributed by atoms with Gasteiger partial charge < -0.3 is 10.4 Å². The third kappa shape index (κ3) is 4.87. The van der Waals surface area contributed by atoms with Gasteiger partial charge in [-0.15, -0.1) is 0 Å². The van der Waals surface area contributed by atoms with E-state index in [0.29, 0.717) is 15.6 Å². The molecule has 0 aliphatic heterocycles. The summed E-state index contributed by atoms with van der Waals surface area (Å²) in [6.07, 6.45) is 2.75. The van der Waals surface area contributed by atoms with Gasteiger partial charge in [-0.25, -0.2) is 4.79 Å². The van der Waals surface area contributed by atoms with Crippen LogP contribution in [0.5, 0.6) is 0 Å². The normalized spacial score (nSPS) is 12.7. The fourth-order valence-electron chi connectivity index (χ4n) is 1.52. The van der Waals surface area contributed by atoms with Gasteiger partial charge >= 0.3 is 5.97 Å². The minimum absolute atomic E-state index is 0.205. The lowest BCUT2D eigenvalue weighted by Crippen LogP contribution is -2.43. The zero-order chi connectivity index (χ0) is 15.3. The smallest absolute Gasteiger partial charge is 0.326 e. The summed E-state index contributed by atoms with van der Waals surface area (Å²) in [6, 6.07) is 3.97. The second-order valence-electron chi connectivity index (χ2n) is 4.57. The fourth-order valence-corrected chi connectivity index (χ4v) is 1.99. The first kappa shape index (κ1) is 16.5. The summed E-state index contributed by atoms with van der Waals surface area (Å²) in [5.41, 5.74) is 0.627. The lowest BCUT2D eigenvalue weighted by molar-refractivity contribution is -0.142. The second-order valence-corrected chi connectivity index (χ2v) is 5.41. The Labute approximate surface area is 127 Å². The highest BCUT2D eigenvalue weighted by Gasteiger charge is 2.22. The molecule has 0 aromatic heterocycles. The summed E-state index contributed by atoms with van der Waals surface area (Å²) in [7, 11) is 0. The van der Waals surface area contributed by atoms with Crippen LogP contribution >= 0.6 is 23.2 Å². The lowest BCUT2D eigenvalue weighted by atomic mass is 10.0. The second kappa shape index (κ2) is 7.31. The van der Waals surface area contributed by atoms with Gasteiger partial charge in [-0.3, -0.25) is 4.79 Å². The largest absolute Gasteiger partial charge is 0.480 e. The molecular formula is C14H15Cl2NO3. The van der Waals surface area contributed by atoms with Crippen LogP contribution in [0.1, 0.15) is 19.4 Å². The quantitative estimate of drug-likeness (QED) is 0.820. The van der Waals surface area contributed by atoms with Crippen molar-refractivity contribution in [2.24, 2.45) is 5.92 Å². The summed E-state index contributed by atoms with van der Waals surface area (Å²) in [4.78, 5) is 22.7. The molecule has 0 radical (unpaired) electrons. The predicted molar refractivity (Wildman–Crippen MR) is 79.9 cm³/mol. The Balaban J connectivity index is 2.75. The van der Waals surface area contributed by atoms with Crippen LogP contribution in [0, 0.1) is 5.92 Å². The summed E-state index contributed by atoms with van der Waals surface area (Å²) >= 11 is 11.7. The highest BCUT2D eigenvalue weighted by atomic mass is 35.5. The van der Waals surface area contributed by atoms with Crippen LogP contribution in [0.2, 0.25) is 10.0 Å². The molecule has 0 fully saturated rings. The van der Waals surface area contributed by atoms with Crippen molar-refractivity contribution < 1.29 is 14.7 Å². The fraction of sp³-hybridized carbons (Fsp3) is 0.286. The van der Waals surface area contributed by atoms with E-state index in [2.05, 4.69) is 5.32 Å². The number of carbonyl (C=O) groups excluding carboxylic acids is 1. The number of carboxylic acid groups (broad SMARTS) is 1. The SMILES string of the molecule is CC(C)[C@H](NC(=O)/C=C/c1ccc(Cl)cc1Cl)C(=O)O. The number of hydrogen-bond donors (Lipinski definition) is 2. The predicted octanol–water partition coefficient (Wildman–Crippen LogP) is 3.23. The Morgan fingerprint density at radius 3 is 2.45 bits per heavy atom. The van der Waals surface area contributed by atoms with Crippen molar-refractivity contribution in [1.29, 1.82) is 0 Å². The minimum Gasteiger partial charge on any atom is -0.480 e. The van der Waals surface area contributed by atoms with Crippen molar-refractivity contribution >= 4 is 41.2 Å². The molecule has 108 valence electrons. The number of carboxylic acids is 1. The zero-order valence-electron chi connectivity index (χ0n) is 11.1. The number of rotatable bonds is 5. The topological polar surface area (TPSA) is 66.4 Å². The molecule has 0 unspecified atom stereocenters. The molecule has 0 saturated heterocycles. The van der Waals surface area contributed by atoms with Crippen molar-refractivity contribution in [2.75, 3.05) is 0 Å². The first-order chi connectivity index (χ1) is 9.31. The van der Waals surface area contributed by atoms with Gasteiger partial charge in [0.1, 0.15) is 6.04 Å². The molecule has 0 bridgehead atoms. The van der Waals surface area contributed by atoms with Crippen LogP contribution in [0.3, 0.4) is 0 Å². The number of hydrogen-bond acceptors (Lipinski definition) is 2. The van der Waals surface area contributed by atoms with E-state index in [4.69, 9.17) is 28.3 Å². The summed E-state index contributed by atoms with van der Waals surface area (Å²) < 4.78 is 0. The molecule has 0 heterocycles. The number of carbonyl (C=O) groups is 2. The molecule has 2 N–H and O–H groups in total. The van der Waals surface area contributed by atoms with E-state index in [0.717, 1.165) is 0 Å². The molecule has 1 rings (SSSR count). The molecule has 0 spiro atoms. The minimum atomic E-state index is -1.06. The standard InChI is InChI=1S/C14H15Cl2NO3/c1-8(2)13(14(19)20)17-12(18)6-4-9-3-5-10(15)7-11(9)16/h3-8,13H,1-2H3,(H,17,18)(H,19,20)/b6-4+/t13-/m0/s1. The van der Waals surface area contributed by atoms with E-state index >= 15 is 0 Å². The maximum atomic E-state index is 11.7. The summed E-state index contributed by atoms with van der Waals surface area (Å²) in [5, 5.41) is 12.3. The zero-order valence-corrected chi connectivity index (χ0v) is 12.6. The molecule has 1 aromatic carbocycles. The van der Waals surface area contributed by atoms with E-state index in [1.807, 2.05) is 0 Å². The van der Waals surface area contributed by atoms with Gasteiger partial charge in [0.25, 0.3) is 0 Å². The number of halogens is 2. The molecule has 20 heavy (non-hydrogen) atoms. The number of nitrogens with one attached hydrogen (secondary N) is 1. The molecule has 0 aliphatic rings. The Morgan fingerprint density at radius 2 is 1.95 bits per heavy atom. The number of benzene rings is 1.